The van der Waals surface area contributed by atoms with Crippen molar-refractivity contribution < 1.29 is 14.3 Å². The molecule has 0 saturated carbocycles. The lowest BCUT2D eigenvalue weighted by Crippen LogP contribution is -2.27. The smallest absolute Gasteiger partial charge is 0.270 e. The molecule has 124 valence electrons. The minimum absolute atomic E-state index is 0.157. The van der Waals surface area contributed by atoms with Crippen LogP contribution in [-0.4, -0.2) is 31.7 Å². The van der Waals surface area contributed by atoms with Crippen molar-refractivity contribution in [1.29, 1.82) is 0 Å². The molecule has 1 heterocycles. The normalized spacial score (nSPS) is 10.5. The lowest BCUT2D eigenvalue weighted by molar-refractivity contribution is 0.0945. The number of thiazole rings is 1. The topological polar surface area (TPSA) is 72.5 Å². The van der Waals surface area contributed by atoms with Crippen LogP contribution >= 0.6 is 11.3 Å². The van der Waals surface area contributed by atoms with Crippen LogP contribution in [-0.2, 0) is 0 Å². The molecule has 0 aliphatic heterocycles. The first kappa shape index (κ1) is 17.1. The van der Waals surface area contributed by atoms with Gasteiger partial charge in [-0.15, -0.1) is 11.3 Å². The van der Waals surface area contributed by atoms with Gasteiger partial charge >= 0.3 is 0 Å². The zero-order valence-electron chi connectivity index (χ0n) is 13.7. The quantitative estimate of drug-likeness (QED) is 0.812. The van der Waals surface area contributed by atoms with Gasteiger partial charge in [0.1, 0.15) is 5.69 Å². The number of ether oxygens (including phenoxy) is 2. The molecule has 0 spiro atoms. The highest BCUT2D eigenvalue weighted by molar-refractivity contribution is 7.14. The number of hydrogen-bond donors (Lipinski definition) is 2. The summed E-state index contributed by atoms with van der Waals surface area (Å²) < 4.78 is 10.5. The van der Waals surface area contributed by atoms with Crippen molar-refractivity contribution in [3.05, 3.63) is 29.3 Å². The fraction of sp³-hybridized carbons (Fsp3) is 0.375. The summed E-state index contributed by atoms with van der Waals surface area (Å²) in [6.07, 6.45) is 0. The second kappa shape index (κ2) is 7.82. The van der Waals surface area contributed by atoms with Crippen molar-refractivity contribution in [1.82, 2.24) is 10.3 Å². The predicted molar refractivity (Wildman–Crippen MR) is 92.1 cm³/mol. The molecule has 0 fully saturated rings. The maximum Gasteiger partial charge on any atom is 0.270 e. The molecular formula is C16H21N3O3S. The molecule has 1 amide bonds. The number of amides is 1. The van der Waals surface area contributed by atoms with E-state index in [0.29, 0.717) is 34.8 Å². The van der Waals surface area contributed by atoms with Gasteiger partial charge in [0, 0.05) is 23.7 Å². The van der Waals surface area contributed by atoms with E-state index in [-0.39, 0.29) is 5.91 Å². The maximum absolute atomic E-state index is 12.0. The third-order valence-corrected chi connectivity index (χ3v) is 3.80. The number of aromatic nitrogens is 1. The highest BCUT2D eigenvalue weighted by atomic mass is 32.1. The van der Waals surface area contributed by atoms with Gasteiger partial charge in [0.2, 0.25) is 0 Å². The van der Waals surface area contributed by atoms with Gasteiger partial charge < -0.3 is 20.1 Å². The first-order valence-electron chi connectivity index (χ1n) is 7.26. The number of methoxy groups -OCH3 is 2. The number of hydrogen-bond acceptors (Lipinski definition) is 6. The Morgan fingerprint density at radius 1 is 1.26 bits per heavy atom. The van der Waals surface area contributed by atoms with Crippen LogP contribution < -0.4 is 20.1 Å². The van der Waals surface area contributed by atoms with E-state index in [0.717, 1.165) is 5.69 Å². The molecule has 1 aromatic carbocycles. The highest BCUT2D eigenvalue weighted by Crippen LogP contribution is 2.31. The summed E-state index contributed by atoms with van der Waals surface area (Å²) in [5, 5.41) is 8.39. The number of benzene rings is 1. The first-order valence-corrected chi connectivity index (χ1v) is 8.14. The Balaban J connectivity index is 2.05. The molecular weight excluding hydrogens is 314 g/mol. The molecule has 0 radical (unpaired) electrons. The summed E-state index contributed by atoms with van der Waals surface area (Å²) in [6.45, 7) is 4.73. The van der Waals surface area contributed by atoms with E-state index in [2.05, 4.69) is 15.6 Å². The number of nitrogens with one attached hydrogen (secondary N) is 2. The average molecular weight is 335 g/mol. The van der Waals surface area contributed by atoms with Crippen LogP contribution in [0.5, 0.6) is 11.5 Å². The van der Waals surface area contributed by atoms with Crippen LogP contribution in [0.15, 0.2) is 23.6 Å². The summed E-state index contributed by atoms with van der Waals surface area (Å²) >= 11 is 1.38. The lowest BCUT2D eigenvalue weighted by atomic mass is 10.2. The van der Waals surface area contributed by atoms with Crippen LogP contribution in [0.1, 0.15) is 24.3 Å². The summed E-state index contributed by atoms with van der Waals surface area (Å²) in [6, 6.07) is 5.49. The molecule has 0 aliphatic rings. The van der Waals surface area contributed by atoms with Gasteiger partial charge in [-0.05, 0) is 18.1 Å². The number of rotatable bonds is 7. The van der Waals surface area contributed by atoms with Crippen molar-refractivity contribution in [2.24, 2.45) is 5.92 Å². The first-order chi connectivity index (χ1) is 11.0. The number of anilines is 2. The lowest BCUT2D eigenvalue weighted by Gasteiger charge is -2.09. The van der Waals surface area contributed by atoms with Crippen molar-refractivity contribution in [3.63, 3.8) is 0 Å². The van der Waals surface area contributed by atoms with E-state index in [1.54, 1.807) is 19.6 Å². The largest absolute Gasteiger partial charge is 0.493 e. The molecule has 2 rings (SSSR count). The predicted octanol–water partition coefficient (Wildman–Crippen LogP) is 3.29. The summed E-state index contributed by atoms with van der Waals surface area (Å²) in [5.74, 6) is 1.53. The summed E-state index contributed by atoms with van der Waals surface area (Å²) in [4.78, 5) is 16.3. The van der Waals surface area contributed by atoms with Gasteiger partial charge in [-0.25, -0.2) is 4.98 Å². The van der Waals surface area contributed by atoms with Crippen LogP contribution in [0.4, 0.5) is 10.8 Å². The van der Waals surface area contributed by atoms with Crippen molar-refractivity contribution >= 4 is 28.1 Å². The minimum atomic E-state index is -0.157. The molecule has 1 aromatic heterocycles. The van der Waals surface area contributed by atoms with E-state index < -0.39 is 0 Å². The van der Waals surface area contributed by atoms with E-state index in [9.17, 15) is 4.79 Å². The van der Waals surface area contributed by atoms with Crippen LogP contribution in [0.2, 0.25) is 0 Å². The summed E-state index contributed by atoms with van der Waals surface area (Å²) in [7, 11) is 3.18. The van der Waals surface area contributed by atoms with Gasteiger partial charge in [0.25, 0.3) is 5.91 Å². The zero-order chi connectivity index (χ0) is 16.8. The second-order valence-corrected chi connectivity index (χ2v) is 6.19. The van der Waals surface area contributed by atoms with Crippen molar-refractivity contribution in [3.8, 4) is 11.5 Å². The average Bonchev–Trinajstić information content (AvgIpc) is 3.01. The molecule has 7 heteroatoms. The van der Waals surface area contributed by atoms with Crippen molar-refractivity contribution in [2.75, 3.05) is 26.1 Å². The molecule has 0 atom stereocenters. The third-order valence-electron chi connectivity index (χ3n) is 3.04. The Morgan fingerprint density at radius 3 is 2.65 bits per heavy atom. The Labute approximate surface area is 139 Å². The zero-order valence-corrected chi connectivity index (χ0v) is 14.5. The monoisotopic (exact) mass is 335 g/mol. The van der Waals surface area contributed by atoms with E-state index in [4.69, 9.17) is 9.47 Å². The van der Waals surface area contributed by atoms with Crippen LogP contribution in [0.3, 0.4) is 0 Å². The number of nitrogens with zero attached hydrogens (tertiary/aromatic N) is 1. The molecule has 2 N–H and O–H groups in total. The Hall–Kier alpha value is -2.28. The second-order valence-electron chi connectivity index (χ2n) is 5.34. The summed E-state index contributed by atoms with van der Waals surface area (Å²) in [5.41, 5.74) is 1.23. The van der Waals surface area contributed by atoms with Crippen LogP contribution in [0, 0.1) is 5.92 Å². The van der Waals surface area contributed by atoms with Gasteiger partial charge in [-0.1, -0.05) is 13.8 Å². The fourth-order valence-electron chi connectivity index (χ4n) is 1.86. The highest BCUT2D eigenvalue weighted by Gasteiger charge is 2.12. The molecule has 0 unspecified atom stereocenters. The number of carbonyl (C=O) groups is 1. The van der Waals surface area contributed by atoms with E-state index in [1.807, 2.05) is 32.0 Å². The van der Waals surface area contributed by atoms with E-state index in [1.165, 1.54) is 11.3 Å². The Kier molecular flexibility index (Phi) is 5.81. The standard InChI is InChI=1S/C16H21N3O3S/c1-10(2)8-17-15(20)12-9-23-16(19-12)18-11-5-6-13(21-3)14(7-11)22-4/h5-7,9-10H,8H2,1-4H3,(H,17,20)(H,18,19). The maximum atomic E-state index is 12.0. The third kappa shape index (κ3) is 4.59. The Morgan fingerprint density at radius 2 is 2.00 bits per heavy atom. The van der Waals surface area contributed by atoms with Crippen molar-refractivity contribution in [2.45, 2.75) is 13.8 Å². The molecule has 2 aromatic rings. The number of carbonyl (C=O) groups excluding carboxylic acids is 1. The van der Waals surface area contributed by atoms with Gasteiger partial charge in [-0.3, -0.25) is 4.79 Å². The van der Waals surface area contributed by atoms with Gasteiger partial charge in [-0.2, -0.15) is 0 Å². The van der Waals surface area contributed by atoms with Gasteiger partial charge in [0.05, 0.1) is 14.2 Å². The molecule has 23 heavy (non-hydrogen) atoms. The molecule has 6 nitrogen and oxygen atoms in total. The van der Waals surface area contributed by atoms with Crippen LogP contribution in [0.25, 0.3) is 0 Å². The molecule has 0 bridgehead atoms. The van der Waals surface area contributed by atoms with E-state index >= 15 is 0 Å². The molecule has 0 saturated heterocycles. The fourth-order valence-corrected chi connectivity index (χ4v) is 2.57. The Bertz CT molecular complexity index is 670. The minimum Gasteiger partial charge on any atom is -0.493 e. The van der Waals surface area contributed by atoms with Gasteiger partial charge in [0.15, 0.2) is 16.6 Å². The SMILES string of the molecule is COc1ccc(Nc2nc(C(=O)NCC(C)C)cs2)cc1OC. The molecule has 0 aliphatic carbocycles.